The Balaban J connectivity index is 1.24. The number of benzene rings is 2. The van der Waals surface area contributed by atoms with Crippen molar-refractivity contribution in [1.29, 1.82) is 0 Å². The van der Waals surface area contributed by atoms with E-state index >= 15 is 0 Å². The molecule has 9 nitrogen and oxygen atoms in total. The van der Waals surface area contributed by atoms with Gasteiger partial charge in [-0.1, -0.05) is 6.07 Å². The van der Waals surface area contributed by atoms with E-state index in [2.05, 4.69) is 4.98 Å². The second-order valence-electron chi connectivity index (χ2n) is 11.1. The number of nitrogens with one attached hydrogen (secondary N) is 1. The first-order valence-corrected chi connectivity index (χ1v) is 14.6. The van der Waals surface area contributed by atoms with Gasteiger partial charge in [-0.3, -0.25) is 13.9 Å². The van der Waals surface area contributed by atoms with Gasteiger partial charge >= 0.3 is 6.09 Å². The Hall–Kier alpha value is -3.12. The van der Waals surface area contributed by atoms with Crippen LogP contribution >= 0.6 is 10.8 Å². The van der Waals surface area contributed by atoms with E-state index in [9.17, 15) is 23.1 Å². The zero-order valence-electron chi connectivity index (χ0n) is 22.6. The van der Waals surface area contributed by atoms with E-state index in [1.807, 2.05) is 46.0 Å². The Labute approximate surface area is 229 Å². The number of aromatic amines is 1. The monoisotopic (exact) mass is 558 g/mol. The van der Waals surface area contributed by atoms with Crippen molar-refractivity contribution >= 4 is 33.7 Å². The summed E-state index contributed by atoms with van der Waals surface area (Å²) in [4.78, 5) is 32.2. The number of fused-ring (bicyclic) bond motifs is 2. The molecular weight excluding hydrogens is 523 g/mol. The van der Waals surface area contributed by atoms with Crippen molar-refractivity contribution in [2.45, 2.75) is 50.7 Å². The fraction of sp³-hybridized carbons (Fsp3) is 0.429. The predicted octanol–water partition coefficient (Wildman–Crippen LogP) is 5.84. The smallest absolute Gasteiger partial charge is 0.410 e. The van der Waals surface area contributed by atoms with Gasteiger partial charge in [-0.05, 0) is 69.2 Å². The molecular formula is C28H35FN4O5S. The van der Waals surface area contributed by atoms with Crippen LogP contribution in [-0.4, -0.2) is 78.5 Å². The molecule has 210 valence electrons. The first kappa shape index (κ1) is 27.4. The summed E-state index contributed by atoms with van der Waals surface area (Å²) in [7, 11) is -3.26. The molecule has 3 aromatic rings. The van der Waals surface area contributed by atoms with Gasteiger partial charge in [0, 0.05) is 61.8 Å². The number of H-pyrrole nitrogens is 1. The number of hydrogen-bond acceptors (Lipinski definition) is 6. The molecule has 3 heterocycles. The standard InChI is InChI=1S/C28H35FN4O5S/c1-18-22-15-19(23-17-30-24-16-20(29)6-7-21(23)24)5-8-25(22)39(36,37)33(18)10-9-26(34)31-11-13-32(14-12-31)27(35)38-28(2,3)4/h5-8,15-18,30,36-37H,9-14H2,1-4H3. The highest BCUT2D eigenvalue weighted by Crippen LogP contribution is 2.63. The summed E-state index contributed by atoms with van der Waals surface area (Å²) in [6.07, 6.45) is 1.57. The minimum absolute atomic E-state index is 0.0936. The number of carbonyl (C=O) groups is 2. The lowest BCUT2D eigenvalue weighted by molar-refractivity contribution is -0.133. The number of amides is 2. The molecule has 0 saturated carbocycles. The molecule has 2 amide bonds. The van der Waals surface area contributed by atoms with Gasteiger partial charge < -0.3 is 19.5 Å². The second kappa shape index (κ2) is 10.1. The number of rotatable bonds is 4. The third-order valence-corrected chi connectivity index (χ3v) is 9.41. The molecule has 1 aromatic heterocycles. The van der Waals surface area contributed by atoms with E-state index in [0.29, 0.717) is 36.6 Å². The van der Waals surface area contributed by atoms with Crippen molar-refractivity contribution in [3.8, 4) is 11.1 Å². The van der Waals surface area contributed by atoms with Gasteiger partial charge in [0.25, 0.3) is 0 Å². The SMILES string of the molecule is CC1c2cc(-c3c[nH]c4cc(F)ccc34)ccc2S(O)(O)N1CCC(=O)N1CCN(C(=O)OC(C)(C)C)CC1. The van der Waals surface area contributed by atoms with Gasteiger partial charge in [0.2, 0.25) is 5.91 Å². The highest BCUT2D eigenvalue weighted by molar-refractivity contribution is 8.22. The Bertz CT molecular complexity index is 1410. The molecule has 2 aliphatic heterocycles. The average molecular weight is 559 g/mol. The molecule has 2 aliphatic rings. The van der Waals surface area contributed by atoms with Crippen LogP contribution in [-0.2, 0) is 9.53 Å². The highest BCUT2D eigenvalue weighted by Gasteiger charge is 2.41. The minimum atomic E-state index is -3.26. The van der Waals surface area contributed by atoms with Gasteiger partial charge in [-0.2, -0.15) is 4.31 Å². The lowest BCUT2D eigenvalue weighted by atomic mass is 9.99. The summed E-state index contributed by atoms with van der Waals surface area (Å²) in [5.74, 6) is -0.411. The Morgan fingerprint density at radius 3 is 2.46 bits per heavy atom. The summed E-state index contributed by atoms with van der Waals surface area (Å²) in [6.45, 7) is 9.14. The summed E-state index contributed by atoms with van der Waals surface area (Å²) >= 11 is 0. The molecule has 1 unspecified atom stereocenters. The maximum atomic E-state index is 13.6. The first-order chi connectivity index (χ1) is 18.3. The van der Waals surface area contributed by atoms with Crippen LogP contribution < -0.4 is 0 Å². The number of carbonyl (C=O) groups excluding carboxylic acids is 2. The van der Waals surface area contributed by atoms with Crippen LogP contribution in [0.15, 0.2) is 47.5 Å². The number of piperazine rings is 1. The van der Waals surface area contributed by atoms with Gasteiger partial charge in [0.05, 0.1) is 10.9 Å². The maximum absolute atomic E-state index is 13.6. The molecule has 0 spiro atoms. The number of ether oxygens (including phenoxy) is 1. The maximum Gasteiger partial charge on any atom is 0.410 e. The van der Waals surface area contributed by atoms with Crippen LogP contribution in [0, 0.1) is 5.82 Å². The molecule has 0 bridgehead atoms. The molecule has 2 aromatic carbocycles. The summed E-state index contributed by atoms with van der Waals surface area (Å²) < 4.78 is 42.9. The van der Waals surface area contributed by atoms with Crippen molar-refractivity contribution < 1.29 is 27.8 Å². The molecule has 5 rings (SSSR count). The molecule has 1 atom stereocenters. The van der Waals surface area contributed by atoms with E-state index in [1.165, 1.54) is 12.1 Å². The van der Waals surface area contributed by atoms with Gasteiger partial charge in [-0.15, -0.1) is 10.8 Å². The van der Waals surface area contributed by atoms with Crippen LogP contribution in [0.5, 0.6) is 0 Å². The number of hydrogen-bond donors (Lipinski definition) is 3. The zero-order chi connectivity index (χ0) is 28.1. The largest absolute Gasteiger partial charge is 0.444 e. The van der Waals surface area contributed by atoms with Crippen molar-refractivity contribution in [2.24, 2.45) is 0 Å². The highest BCUT2D eigenvalue weighted by atomic mass is 32.3. The Kier molecular flexibility index (Phi) is 7.13. The molecule has 3 N–H and O–H groups in total. The third kappa shape index (κ3) is 5.36. The minimum Gasteiger partial charge on any atom is -0.444 e. The second-order valence-corrected chi connectivity index (χ2v) is 13.0. The summed E-state index contributed by atoms with van der Waals surface area (Å²) in [6, 6.07) is 9.79. The normalized spacial score (nSPS) is 20.2. The van der Waals surface area contributed by atoms with Gasteiger partial charge in [0.15, 0.2) is 0 Å². The summed E-state index contributed by atoms with van der Waals surface area (Å²) in [5, 5.41) is 0.878. The molecule has 1 saturated heterocycles. The number of nitrogens with zero attached hydrogens (tertiary/aromatic N) is 3. The number of halogens is 1. The number of aromatic nitrogens is 1. The lowest BCUT2D eigenvalue weighted by Gasteiger charge is -2.40. The third-order valence-electron chi connectivity index (χ3n) is 7.30. The lowest BCUT2D eigenvalue weighted by Crippen LogP contribution is -2.52. The fourth-order valence-electron chi connectivity index (χ4n) is 5.28. The quantitative estimate of drug-likeness (QED) is 0.371. The van der Waals surface area contributed by atoms with E-state index in [0.717, 1.165) is 22.1 Å². The predicted molar refractivity (Wildman–Crippen MR) is 149 cm³/mol. The fourth-order valence-corrected chi connectivity index (χ4v) is 7.23. The van der Waals surface area contributed by atoms with Gasteiger partial charge in [0.1, 0.15) is 11.4 Å². The van der Waals surface area contributed by atoms with E-state index in [4.69, 9.17) is 4.74 Å². The molecule has 1 fully saturated rings. The van der Waals surface area contributed by atoms with Crippen molar-refractivity contribution in [3.63, 3.8) is 0 Å². The van der Waals surface area contributed by atoms with Crippen LogP contribution in [0.3, 0.4) is 0 Å². The Morgan fingerprint density at radius 1 is 1.08 bits per heavy atom. The molecule has 39 heavy (non-hydrogen) atoms. The zero-order valence-corrected chi connectivity index (χ0v) is 23.4. The first-order valence-electron chi connectivity index (χ1n) is 13.1. The van der Waals surface area contributed by atoms with Crippen LogP contribution in [0.4, 0.5) is 9.18 Å². The molecule has 0 aliphatic carbocycles. The van der Waals surface area contributed by atoms with Crippen LogP contribution in [0.1, 0.15) is 45.7 Å². The average Bonchev–Trinajstić information content (AvgIpc) is 3.37. The van der Waals surface area contributed by atoms with Gasteiger partial charge in [-0.25, -0.2) is 9.18 Å². The van der Waals surface area contributed by atoms with E-state index in [-0.39, 0.29) is 36.8 Å². The van der Waals surface area contributed by atoms with E-state index < -0.39 is 16.4 Å². The Morgan fingerprint density at radius 2 is 1.77 bits per heavy atom. The van der Waals surface area contributed by atoms with Crippen LogP contribution in [0.2, 0.25) is 0 Å². The molecule has 11 heteroatoms. The van der Waals surface area contributed by atoms with E-state index in [1.54, 1.807) is 26.2 Å². The van der Waals surface area contributed by atoms with Crippen molar-refractivity contribution in [1.82, 2.24) is 19.1 Å². The molecule has 0 radical (unpaired) electrons. The van der Waals surface area contributed by atoms with Crippen LogP contribution in [0.25, 0.3) is 22.0 Å². The topological polar surface area (TPSA) is 109 Å². The van der Waals surface area contributed by atoms with Crippen molar-refractivity contribution in [3.05, 3.63) is 54.0 Å². The van der Waals surface area contributed by atoms with Crippen molar-refractivity contribution in [2.75, 3.05) is 32.7 Å². The summed E-state index contributed by atoms with van der Waals surface area (Å²) in [5.41, 5.74) is 2.69.